The number of carbonyl (C=O) groups is 2. The number of unbranched alkanes of at least 4 members (excludes halogenated alkanes) is 1. The predicted molar refractivity (Wildman–Crippen MR) is 124 cm³/mol. The summed E-state index contributed by atoms with van der Waals surface area (Å²) in [5.41, 5.74) is 3.12. The van der Waals surface area contributed by atoms with E-state index < -0.39 is 6.04 Å². The van der Waals surface area contributed by atoms with Crippen molar-refractivity contribution in [2.45, 2.75) is 59.0 Å². The summed E-state index contributed by atoms with van der Waals surface area (Å²) in [7, 11) is 0. The Labute approximate surface area is 189 Å². The first-order valence-electron chi connectivity index (χ1n) is 10.4. The highest BCUT2D eigenvalue weighted by molar-refractivity contribution is 6.42. The van der Waals surface area contributed by atoms with E-state index in [0.29, 0.717) is 36.0 Å². The Bertz CT molecular complexity index is 853. The van der Waals surface area contributed by atoms with E-state index in [-0.39, 0.29) is 11.8 Å². The molecule has 2 aromatic rings. The lowest BCUT2D eigenvalue weighted by molar-refractivity contribution is -0.140. The van der Waals surface area contributed by atoms with Crippen LogP contribution in [0.1, 0.15) is 49.8 Å². The van der Waals surface area contributed by atoms with Crippen molar-refractivity contribution in [3.05, 3.63) is 69.2 Å². The molecule has 0 bridgehead atoms. The number of amides is 2. The average Bonchev–Trinajstić information content (AvgIpc) is 2.73. The normalized spacial score (nSPS) is 11.8. The number of benzene rings is 2. The zero-order chi connectivity index (χ0) is 22.1. The van der Waals surface area contributed by atoms with Gasteiger partial charge in [-0.15, -0.1) is 0 Å². The quantitative estimate of drug-likeness (QED) is 0.483. The maximum absolute atomic E-state index is 13.1. The van der Waals surface area contributed by atoms with Gasteiger partial charge in [-0.25, -0.2) is 0 Å². The van der Waals surface area contributed by atoms with E-state index in [0.717, 1.165) is 24.0 Å². The Balaban J connectivity index is 2.13. The molecule has 6 heteroatoms. The SMILES string of the molecule is CCCCNC(=O)[C@H](C)N(Cc1ccc(Cl)c(Cl)c1)C(=O)CCc1ccc(C)cc1. The topological polar surface area (TPSA) is 49.4 Å². The number of rotatable bonds is 10. The molecule has 0 aliphatic carbocycles. The van der Waals surface area contributed by atoms with Crippen LogP contribution in [0.25, 0.3) is 0 Å². The molecule has 0 aromatic heterocycles. The zero-order valence-corrected chi connectivity index (χ0v) is 19.4. The van der Waals surface area contributed by atoms with Crippen molar-refractivity contribution in [1.82, 2.24) is 10.2 Å². The molecule has 0 saturated heterocycles. The third kappa shape index (κ3) is 7.33. The highest BCUT2D eigenvalue weighted by atomic mass is 35.5. The summed E-state index contributed by atoms with van der Waals surface area (Å²) in [6, 6.07) is 12.8. The van der Waals surface area contributed by atoms with Crippen LogP contribution in [0.3, 0.4) is 0 Å². The fraction of sp³-hybridized carbons (Fsp3) is 0.417. The first kappa shape index (κ1) is 24.2. The van der Waals surface area contributed by atoms with Gasteiger partial charge in [0, 0.05) is 19.5 Å². The van der Waals surface area contributed by atoms with E-state index in [1.165, 1.54) is 5.56 Å². The molecule has 4 nitrogen and oxygen atoms in total. The molecule has 0 aliphatic rings. The minimum atomic E-state index is -0.582. The van der Waals surface area contributed by atoms with E-state index in [9.17, 15) is 9.59 Å². The van der Waals surface area contributed by atoms with Gasteiger partial charge < -0.3 is 10.2 Å². The van der Waals surface area contributed by atoms with Crippen LogP contribution in [-0.2, 0) is 22.6 Å². The second-order valence-corrected chi connectivity index (χ2v) is 8.39. The van der Waals surface area contributed by atoms with Crippen molar-refractivity contribution < 1.29 is 9.59 Å². The van der Waals surface area contributed by atoms with Gasteiger partial charge in [0.2, 0.25) is 11.8 Å². The highest BCUT2D eigenvalue weighted by Crippen LogP contribution is 2.24. The molecule has 1 N–H and O–H groups in total. The number of carbonyl (C=O) groups excluding carboxylic acids is 2. The molecule has 0 unspecified atom stereocenters. The van der Waals surface area contributed by atoms with Crippen LogP contribution < -0.4 is 5.32 Å². The smallest absolute Gasteiger partial charge is 0.242 e. The number of hydrogen-bond donors (Lipinski definition) is 1. The molecule has 2 rings (SSSR count). The van der Waals surface area contributed by atoms with Gasteiger partial charge in [-0.3, -0.25) is 9.59 Å². The predicted octanol–water partition coefficient (Wildman–Crippen LogP) is 5.57. The van der Waals surface area contributed by atoms with Crippen molar-refractivity contribution in [3.8, 4) is 0 Å². The van der Waals surface area contributed by atoms with Crippen LogP contribution in [0.5, 0.6) is 0 Å². The van der Waals surface area contributed by atoms with Crippen LogP contribution in [-0.4, -0.2) is 29.3 Å². The van der Waals surface area contributed by atoms with Crippen LogP contribution in [0.4, 0.5) is 0 Å². The van der Waals surface area contributed by atoms with Gasteiger partial charge in [0.15, 0.2) is 0 Å². The molecular formula is C24H30Cl2N2O2. The van der Waals surface area contributed by atoms with Gasteiger partial charge in [0.25, 0.3) is 0 Å². The maximum Gasteiger partial charge on any atom is 0.242 e. The first-order valence-corrected chi connectivity index (χ1v) is 11.1. The summed E-state index contributed by atoms with van der Waals surface area (Å²) in [5, 5.41) is 3.82. The Hall–Kier alpha value is -2.04. The van der Waals surface area contributed by atoms with Crippen LogP contribution >= 0.6 is 23.2 Å². The van der Waals surface area contributed by atoms with Gasteiger partial charge >= 0.3 is 0 Å². The minimum absolute atomic E-state index is 0.0696. The molecule has 0 saturated carbocycles. The van der Waals surface area contributed by atoms with Crippen LogP contribution in [0, 0.1) is 6.92 Å². The molecule has 2 aromatic carbocycles. The average molecular weight is 449 g/mol. The first-order chi connectivity index (χ1) is 14.3. The Morgan fingerprint density at radius 1 is 1.03 bits per heavy atom. The number of nitrogens with zero attached hydrogens (tertiary/aromatic N) is 1. The minimum Gasteiger partial charge on any atom is -0.354 e. The Morgan fingerprint density at radius 3 is 2.33 bits per heavy atom. The summed E-state index contributed by atoms with van der Waals surface area (Å²) in [5.74, 6) is -0.216. The summed E-state index contributed by atoms with van der Waals surface area (Å²) in [6.45, 7) is 6.78. The summed E-state index contributed by atoms with van der Waals surface area (Å²) in [6.07, 6.45) is 2.86. The lowest BCUT2D eigenvalue weighted by Gasteiger charge is -2.29. The van der Waals surface area contributed by atoms with Gasteiger partial charge in [-0.2, -0.15) is 0 Å². The lowest BCUT2D eigenvalue weighted by atomic mass is 10.1. The van der Waals surface area contributed by atoms with E-state index in [4.69, 9.17) is 23.2 Å². The highest BCUT2D eigenvalue weighted by Gasteiger charge is 2.26. The van der Waals surface area contributed by atoms with Gasteiger partial charge in [-0.1, -0.05) is 72.4 Å². The molecule has 0 fully saturated rings. The number of halogens is 2. The maximum atomic E-state index is 13.1. The molecular weight excluding hydrogens is 419 g/mol. The third-order valence-corrected chi connectivity index (χ3v) is 5.82. The summed E-state index contributed by atoms with van der Waals surface area (Å²) >= 11 is 12.2. The van der Waals surface area contributed by atoms with Crippen molar-refractivity contribution >= 4 is 35.0 Å². The largest absolute Gasteiger partial charge is 0.354 e. The van der Waals surface area contributed by atoms with E-state index >= 15 is 0 Å². The zero-order valence-electron chi connectivity index (χ0n) is 17.9. The third-order valence-electron chi connectivity index (χ3n) is 5.08. The van der Waals surface area contributed by atoms with E-state index in [2.05, 4.69) is 12.2 Å². The second-order valence-electron chi connectivity index (χ2n) is 7.58. The summed E-state index contributed by atoms with van der Waals surface area (Å²) < 4.78 is 0. The molecule has 1 atom stereocenters. The second kappa shape index (κ2) is 12.0. The van der Waals surface area contributed by atoms with Crippen molar-refractivity contribution in [2.75, 3.05) is 6.54 Å². The van der Waals surface area contributed by atoms with Crippen LogP contribution in [0.2, 0.25) is 10.0 Å². The number of aryl methyl sites for hydroxylation is 2. The summed E-state index contributed by atoms with van der Waals surface area (Å²) in [4.78, 5) is 27.4. The van der Waals surface area contributed by atoms with Crippen molar-refractivity contribution in [3.63, 3.8) is 0 Å². The van der Waals surface area contributed by atoms with Crippen molar-refractivity contribution in [2.24, 2.45) is 0 Å². The van der Waals surface area contributed by atoms with E-state index in [1.54, 1.807) is 24.0 Å². The van der Waals surface area contributed by atoms with Crippen molar-refractivity contribution in [1.29, 1.82) is 0 Å². The Morgan fingerprint density at radius 2 is 1.70 bits per heavy atom. The van der Waals surface area contributed by atoms with Gasteiger partial charge in [0.05, 0.1) is 10.0 Å². The molecule has 0 radical (unpaired) electrons. The molecule has 30 heavy (non-hydrogen) atoms. The molecule has 0 heterocycles. The molecule has 0 aliphatic heterocycles. The number of nitrogens with one attached hydrogen (secondary N) is 1. The lowest BCUT2D eigenvalue weighted by Crippen LogP contribution is -2.47. The monoisotopic (exact) mass is 448 g/mol. The Kier molecular flexibility index (Phi) is 9.67. The van der Waals surface area contributed by atoms with Gasteiger partial charge in [-0.05, 0) is 49.9 Å². The molecule has 2 amide bonds. The fourth-order valence-electron chi connectivity index (χ4n) is 3.10. The molecule has 162 valence electrons. The number of hydrogen-bond acceptors (Lipinski definition) is 2. The standard InChI is InChI=1S/C24H30Cl2N2O2/c1-4-5-14-27-24(30)18(3)28(16-20-10-12-21(25)22(26)15-20)23(29)13-11-19-8-6-17(2)7-9-19/h6-10,12,15,18H,4-5,11,13-14,16H2,1-3H3,(H,27,30)/t18-/m0/s1. The fourth-order valence-corrected chi connectivity index (χ4v) is 3.42. The molecule has 0 spiro atoms. The van der Waals surface area contributed by atoms with Crippen LogP contribution in [0.15, 0.2) is 42.5 Å². The van der Waals surface area contributed by atoms with E-state index in [1.807, 2.05) is 37.3 Å². The van der Waals surface area contributed by atoms with Gasteiger partial charge in [0.1, 0.15) is 6.04 Å².